The molecule has 3 heteroatoms. The van der Waals surface area contributed by atoms with Crippen molar-refractivity contribution in [3.8, 4) is 0 Å². The second-order valence-electron chi connectivity index (χ2n) is 5.05. The summed E-state index contributed by atoms with van der Waals surface area (Å²) in [5, 5.41) is 3.11. The third-order valence-corrected chi connectivity index (χ3v) is 3.66. The largest absolute Gasteiger partial charge is 0.318 e. The van der Waals surface area contributed by atoms with Crippen LogP contribution >= 0.6 is 0 Å². The fourth-order valence-electron chi connectivity index (χ4n) is 2.60. The van der Waals surface area contributed by atoms with Crippen molar-refractivity contribution >= 4 is 17.7 Å². The third kappa shape index (κ3) is 2.60. The van der Waals surface area contributed by atoms with Crippen LogP contribution < -0.4 is 5.32 Å². The van der Waals surface area contributed by atoms with Gasteiger partial charge >= 0.3 is 0 Å². The van der Waals surface area contributed by atoms with E-state index in [-0.39, 0.29) is 5.91 Å². The first-order valence-electron chi connectivity index (χ1n) is 7.14. The number of carbonyl (C=O) groups is 1. The van der Waals surface area contributed by atoms with Gasteiger partial charge in [0.25, 0.3) is 5.91 Å². The summed E-state index contributed by atoms with van der Waals surface area (Å²) in [6.07, 6.45) is 2.08. The Morgan fingerprint density at radius 2 is 1.67 bits per heavy atom. The fourth-order valence-corrected chi connectivity index (χ4v) is 2.60. The van der Waals surface area contributed by atoms with Crippen LogP contribution in [-0.4, -0.2) is 30.9 Å². The normalized spacial score (nSPS) is 15.6. The van der Waals surface area contributed by atoms with Crippen molar-refractivity contribution in [1.82, 2.24) is 10.2 Å². The number of nitrogens with one attached hydrogen (secondary N) is 1. The van der Waals surface area contributed by atoms with Gasteiger partial charge in [0.05, 0.1) is 5.70 Å². The van der Waals surface area contributed by atoms with E-state index in [2.05, 4.69) is 23.5 Å². The zero-order valence-electron chi connectivity index (χ0n) is 12.0. The molecule has 2 aromatic carbocycles. The Labute approximate surface area is 124 Å². The summed E-state index contributed by atoms with van der Waals surface area (Å²) >= 11 is 0. The minimum Gasteiger partial charge on any atom is -0.318 e. The molecular weight excluding hydrogens is 260 g/mol. The van der Waals surface area contributed by atoms with Crippen molar-refractivity contribution in [2.45, 2.75) is 0 Å². The molecule has 0 spiro atoms. The zero-order chi connectivity index (χ0) is 14.7. The van der Waals surface area contributed by atoms with Crippen molar-refractivity contribution in [2.24, 2.45) is 0 Å². The molecule has 0 bridgehead atoms. The molecule has 1 aliphatic rings. The third-order valence-electron chi connectivity index (χ3n) is 3.66. The van der Waals surface area contributed by atoms with E-state index in [4.69, 9.17) is 0 Å². The smallest absolute Gasteiger partial charge is 0.259 e. The van der Waals surface area contributed by atoms with Gasteiger partial charge in [0.1, 0.15) is 0 Å². The first-order chi connectivity index (χ1) is 10.3. The zero-order valence-corrected chi connectivity index (χ0v) is 12.0. The number of nitrogens with zero attached hydrogens (tertiary/aromatic N) is 1. The Kier molecular flexibility index (Phi) is 3.84. The number of amides is 1. The summed E-state index contributed by atoms with van der Waals surface area (Å²) in [5.74, 6) is 0.0861. The van der Waals surface area contributed by atoms with Gasteiger partial charge in [0.15, 0.2) is 0 Å². The topological polar surface area (TPSA) is 32.3 Å². The van der Waals surface area contributed by atoms with Crippen LogP contribution in [0.3, 0.4) is 0 Å². The van der Waals surface area contributed by atoms with E-state index < -0.39 is 0 Å². The van der Waals surface area contributed by atoms with Gasteiger partial charge in [-0.1, -0.05) is 48.5 Å². The average molecular weight is 278 g/mol. The minimum absolute atomic E-state index is 0.0861. The molecule has 3 nitrogen and oxygen atoms in total. The number of benzene rings is 2. The Morgan fingerprint density at radius 1 is 1.00 bits per heavy atom. The average Bonchev–Trinajstić information content (AvgIpc) is 2.79. The predicted octanol–water partition coefficient (Wildman–Crippen LogP) is 2.86. The maximum Gasteiger partial charge on any atom is 0.259 e. The fraction of sp³-hybridized carbons (Fsp3) is 0.167. The van der Waals surface area contributed by atoms with Gasteiger partial charge in [-0.3, -0.25) is 4.79 Å². The Hall–Kier alpha value is -2.39. The van der Waals surface area contributed by atoms with E-state index in [1.807, 2.05) is 54.4 Å². The summed E-state index contributed by atoms with van der Waals surface area (Å²) in [6.45, 7) is 1.44. The maximum atomic E-state index is 12.6. The van der Waals surface area contributed by atoms with Crippen LogP contribution in [0.15, 0.2) is 54.6 Å². The van der Waals surface area contributed by atoms with Crippen molar-refractivity contribution in [2.75, 3.05) is 20.1 Å². The molecule has 0 saturated heterocycles. The Morgan fingerprint density at radius 3 is 2.38 bits per heavy atom. The van der Waals surface area contributed by atoms with Gasteiger partial charge in [-0.15, -0.1) is 0 Å². The summed E-state index contributed by atoms with van der Waals surface area (Å²) in [6, 6.07) is 17.9. The molecule has 1 aliphatic heterocycles. The molecular formula is C18H18N2O. The molecule has 21 heavy (non-hydrogen) atoms. The first kappa shape index (κ1) is 13.6. The lowest BCUT2D eigenvalue weighted by Gasteiger charge is -2.18. The molecule has 0 saturated carbocycles. The lowest BCUT2D eigenvalue weighted by Crippen LogP contribution is -2.30. The van der Waals surface area contributed by atoms with E-state index >= 15 is 0 Å². The molecule has 0 atom stereocenters. The minimum atomic E-state index is 0.0861. The highest BCUT2D eigenvalue weighted by Gasteiger charge is 2.31. The molecule has 1 amide bonds. The summed E-state index contributed by atoms with van der Waals surface area (Å²) in [4.78, 5) is 14.4. The quantitative estimate of drug-likeness (QED) is 0.932. The van der Waals surface area contributed by atoms with Crippen LogP contribution in [0.5, 0.6) is 0 Å². The van der Waals surface area contributed by atoms with Crippen LogP contribution in [0, 0.1) is 0 Å². The van der Waals surface area contributed by atoms with Crippen LogP contribution in [0.4, 0.5) is 0 Å². The molecule has 2 aromatic rings. The van der Waals surface area contributed by atoms with Gasteiger partial charge in [-0.05, 0) is 24.8 Å². The number of fused-ring (bicyclic) bond motifs is 1. The lowest BCUT2D eigenvalue weighted by atomic mass is 10.1. The van der Waals surface area contributed by atoms with E-state index in [1.54, 1.807) is 0 Å². The molecule has 106 valence electrons. The second kappa shape index (κ2) is 5.94. The summed E-state index contributed by atoms with van der Waals surface area (Å²) in [7, 11) is 1.90. The highest BCUT2D eigenvalue weighted by Crippen LogP contribution is 2.33. The van der Waals surface area contributed by atoms with E-state index in [0.717, 1.165) is 28.9 Å². The highest BCUT2D eigenvalue weighted by atomic mass is 16.2. The molecule has 3 rings (SSSR count). The number of hydrogen-bond donors (Lipinski definition) is 1. The van der Waals surface area contributed by atoms with Crippen molar-refractivity contribution in [3.05, 3.63) is 71.3 Å². The molecule has 1 heterocycles. The summed E-state index contributed by atoms with van der Waals surface area (Å²) < 4.78 is 0. The van der Waals surface area contributed by atoms with Crippen LogP contribution in [0.2, 0.25) is 0 Å². The van der Waals surface area contributed by atoms with E-state index in [1.165, 1.54) is 0 Å². The van der Waals surface area contributed by atoms with Gasteiger partial charge in [0, 0.05) is 24.2 Å². The second-order valence-corrected chi connectivity index (χ2v) is 5.05. The Bertz CT molecular complexity index is 677. The number of carbonyl (C=O) groups excluding carboxylic acids is 1. The van der Waals surface area contributed by atoms with E-state index in [9.17, 15) is 4.79 Å². The monoisotopic (exact) mass is 278 g/mol. The molecule has 0 aromatic heterocycles. The lowest BCUT2D eigenvalue weighted by molar-refractivity contribution is 0.0852. The molecule has 0 fully saturated rings. The van der Waals surface area contributed by atoms with Crippen LogP contribution in [-0.2, 0) is 0 Å². The van der Waals surface area contributed by atoms with Gasteiger partial charge in [-0.25, -0.2) is 0 Å². The van der Waals surface area contributed by atoms with Gasteiger partial charge < -0.3 is 10.2 Å². The van der Waals surface area contributed by atoms with Gasteiger partial charge in [-0.2, -0.15) is 0 Å². The van der Waals surface area contributed by atoms with E-state index in [0.29, 0.717) is 6.54 Å². The van der Waals surface area contributed by atoms with Crippen LogP contribution in [0.25, 0.3) is 11.8 Å². The first-order valence-corrected chi connectivity index (χ1v) is 7.14. The molecule has 1 N–H and O–H groups in total. The Balaban J connectivity index is 2.05. The summed E-state index contributed by atoms with van der Waals surface area (Å²) in [5.41, 5.74) is 3.89. The van der Waals surface area contributed by atoms with Crippen molar-refractivity contribution < 1.29 is 4.79 Å². The van der Waals surface area contributed by atoms with Crippen molar-refractivity contribution in [1.29, 1.82) is 0 Å². The molecule has 0 aliphatic carbocycles. The van der Waals surface area contributed by atoms with Gasteiger partial charge in [0.2, 0.25) is 0 Å². The number of hydrogen-bond acceptors (Lipinski definition) is 2. The number of likely N-dealkylation sites (N-methyl/N-ethyl adjacent to an activating group) is 1. The molecule has 0 unspecified atom stereocenters. The van der Waals surface area contributed by atoms with Crippen molar-refractivity contribution in [3.63, 3.8) is 0 Å². The standard InChI is InChI=1S/C18H18N2O/c1-19-11-12-20-17(13-14-7-3-2-4-8-14)15-9-5-6-10-16(15)18(20)21/h2-10,13,19H,11-12H2,1H3/b17-13+. The van der Waals surface area contributed by atoms with Crippen LogP contribution in [0.1, 0.15) is 21.5 Å². The maximum absolute atomic E-state index is 12.6. The number of rotatable bonds is 4. The molecule has 0 radical (unpaired) electrons. The predicted molar refractivity (Wildman–Crippen MR) is 85.7 cm³/mol. The highest BCUT2D eigenvalue weighted by molar-refractivity contribution is 6.11. The SMILES string of the molecule is CNCCN1C(=O)c2ccccc2/C1=C\c1ccccc1.